The average Bonchev–Trinajstić information content (AvgIpc) is 2.94. The Morgan fingerprint density at radius 3 is 2.28 bits per heavy atom. The maximum absolute atomic E-state index is 14.0. The van der Waals surface area contributed by atoms with Crippen LogP contribution in [0.4, 0.5) is 13.2 Å². The minimum atomic E-state index is -4.78. The molecule has 1 atom stereocenters. The van der Waals surface area contributed by atoms with Gasteiger partial charge in [0.25, 0.3) is 0 Å². The molecule has 0 saturated carbocycles. The Balaban J connectivity index is 2.61. The highest BCUT2D eigenvalue weighted by Crippen LogP contribution is 2.33. The van der Waals surface area contributed by atoms with Crippen molar-refractivity contribution in [3.8, 4) is 0 Å². The van der Waals surface area contributed by atoms with Gasteiger partial charge in [-0.05, 0) is 26.8 Å². The van der Waals surface area contributed by atoms with Gasteiger partial charge in [0.1, 0.15) is 16.3 Å². The van der Waals surface area contributed by atoms with Crippen LogP contribution in [0.1, 0.15) is 31.7 Å². The highest BCUT2D eigenvalue weighted by molar-refractivity contribution is 7.92. The van der Waals surface area contributed by atoms with Gasteiger partial charge in [0.2, 0.25) is 15.1 Å². The summed E-state index contributed by atoms with van der Waals surface area (Å²) in [6.45, 7) is 4.56. The molecule has 5 nitrogen and oxygen atoms in total. The fourth-order valence-corrected chi connectivity index (χ4v) is 4.23. The first-order chi connectivity index (χ1) is 11.4. The summed E-state index contributed by atoms with van der Waals surface area (Å²) >= 11 is 1.01. The van der Waals surface area contributed by atoms with Crippen LogP contribution in [0.3, 0.4) is 0 Å². The molecule has 0 radical (unpaired) electrons. The van der Waals surface area contributed by atoms with Gasteiger partial charge in [-0.15, -0.1) is 11.3 Å². The molecule has 1 unspecified atom stereocenters. The van der Waals surface area contributed by atoms with Gasteiger partial charge < -0.3 is 4.74 Å². The van der Waals surface area contributed by atoms with Crippen LogP contribution in [0.15, 0.2) is 27.9 Å². The van der Waals surface area contributed by atoms with E-state index in [-0.39, 0.29) is 17.8 Å². The van der Waals surface area contributed by atoms with E-state index in [4.69, 9.17) is 4.74 Å². The number of hydrogen-bond acceptors (Lipinski definition) is 6. The number of benzene rings is 1. The van der Waals surface area contributed by atoms with Crippen molar-refractivity contribution in [1.29, 1.82) is 0 Å². The summed E-state index contributed by atoms with van der Waals surface area (Å²) in [4.78, 5) is 15.0. The summed E-state index contributed by atoms with van der Waals surface area (Å²) in [5, 5.41) is -0.721. The SMILES string of the molecule is CC(C)(C)OC(=O)C(c1cscn1)S(=O)(=O)c1cc(F)c(F)cc1F. The van der Waals surface area contributed by atoms with E-state index in [1.165, 1.54) is 31.7 Å². The van der Waals surface area contributed by atoms with E-state index in [0.29, 0.717) is 0 Å². The first-order valence-corrected chi connectivity index (χ1v) is 9.42. The van der Waals surface area contributed by atoms with E-state index in [9.17, 15) is 26.4 Å². The molecule has 0 N–H and O–H groups in total. The van der Waals surface area contributed by atoms with Crippen LogP contribution in [0.25, 0.3) is 0 Å². The van der Waals surface area contributed by atoms with Crippen molar-refractivity contribution in [2.45, 2.75) is 36.5 Å². The second kappa shape index (κ2) is 6.75. The predicted octanol–water partition coefficient (Wildman–Crippen LogP) is 3.42. The third-order valence-corrected chi connectivity index (χ3v) is 5.52. The van der Waals surface area contributed by atoms with Gasteiger partial charge in [0, 0.05) is 11.4 Å². The van der Waals surface area contributed by atoms with E-state index in [0.717, 1.165) is 11.3 Å². The molecule has 1 aromatic heterocycles. The van der Waals surface area contributed by atoms with Crippen LogP contribution >= 0.6 is 11.3 Å². The van der Waals surface area contributed by atoms with Gasteiger partial charge in [-0.25, -0.2) is 26.6 Å². The number of aromatic nitrogens is 1. The van der Waals surface area contributed by atoms with E-state index < -0.39 is 49.0 Å². The van der Waals surface area contributed by atoms with Gasteiger partial charge in [-0.3, -0.25) is 4.79 Å². The molecule has 0 bridgehead atoms. The zero-order chi connectivity index (χ0) is 19.0. The lowest BCUT2D eigenvalue weighted by Crippen LogP contribution is -2.32. The second-order valence-corrected chi connectivity index (χ2v) is 8.79. The van der Waals surface area contributed by atoms with Gasteiger partial charge in [0.15, 0.2) is 11.6 Å². The molecule has 2 aromatic rings. The van der Waals surface area contributed by atoms with E-state index in [2.05, 4.69) is 4.98 Å². The topological polar surface area (TPSA) is 73.3 Å². The van der Waals surface area contributed by atoms with Gasteiger partial charge >= 0.3 is 5.97 Å². The average molecular weight is 393 g/mol. The van der Waals surface area contributed by atoms with Crippen molar-refractivity contribution in [2.75, 3.05) is 0 Å². The third kappa shape index (κ3) is 4.18. The van der Waals surface area contributed by atoms with Crippen molar-refractivity contribution >= 4 is 27.1 Å². The quantitative estimate of drug-likeness (QED) is 0.452. The molecule has 0 saturated heterocycles. The Kier molecular flexibility index (Phi) is 5.24. The van der Waals surface area contributed by atoms with Crippen LogP contribution in [0.5, 0.6) is 0 Å². The van der Waals surface area contributed by atoms with Crippen LogP contribution in [0, 0.1) is 17.5 Å². The Hall–Kier alpha value is -1.94. The zero-order valence-corrected chi connectivity index (χ0v) is 15.1. The van der Waals surface area contributed by atoms with Crippen molar-refractivity contribution < 1.29 is 31.1 Å². The number of carbonyl (C=O) groups is 1. The first-order valence-electron chi connectivity index (χ1n) is 6.93. The van der Waals surface area contributed by atoms with Crippen molar-refractivity contribution in [1.82, 2.24) is 4.98 Å². The van der Waals surface area contributed by atoms with Crippen molar-refractivity contribution in [3.05, 3.63) is 46.2 Å². The van der Waals surface area contributed by atoms with Crippen molar-refractivity contribution in [2.24, 2.45) is 0 Å². The zero-order valence-electron chi connectivity index (χ0n) is 13.4. The molecule has 0 amide bonds. The maximum Gasteiger partial charge on any atom is 0.331 e. The minimum absolute atomic E-state index is 0.107. The number of carbonyl (C=O) groups excluding carboxylic acids is 1. The van der Waals surface area contributed by atoms with Crippen LogP contribution in [-0.4, -0.2) is 25.0 Å². The minimum Gasteiger partial charge on any atom is -0.459 e. The lowest BCUT2D eigenvalue weighted by Gasteiger charge is -2.23. The second-order valence-electron chi connectivity index (χ2n) is 6.07. The summed E-state index contributed by atoms with van der Waals surface area (Å²) in [6, 6.07) is 0.305. The first kappa shape index (κ1) is 19.4. The molecule has 1 heterocycles. The Bertz CT molecular complexity index is 890. The monoisotopic (exact) mass is 393 g/mol. The molecular weight excluding hydrogens is 379 g/mol. The van der Waals surface area contributed by atoms with Gasteiger partial charge in [-0.1, -0.05) is 0 Å². The number of esters is 1. The van der Waals surface area contributed by atoms with E-state index in [1.807, 2.05) is 0 Å². The highest BCUT2D eigenvalue weighted by Gasteiger charge is 2.42. The van der Waals surface area contributed by atoms with Crippen LogP contribution < -0.4 is 0 Å². The molecule has 0 aliphatic rings. The number of nitrogens with zero attached hydrogens (tertiary/aromatic N) is 1. The maximum atomic E-state index is 14.0. The fourth-order valence-electron chi connectivity index (χ4n) is 1.96. The summed E-state index contributed by atoms with van der Waals surface area (Å²) in [6.07, 6.45) is 0. The largest absolute Gasteiger partial charge is 0.459 e. The number of ether oxygens (including phenoxy) is 1. The van der Waals surface area contributed by atoms with Gasteiger partial charge in [-0.2, -0.15) is 0 Å². The lowest BCUT2D eigenvalue weighted by molar-refractivity contribution is -0.154. The molecule has 0 fully saturated rings. The molecule has 2 rings (SSSR count). The number of sulfone groups is 1. The summed E-state index contributed by atoms with van der Waals surface area (Å²) < 4.78 is 71.1. The number of hydrogen-bond donors (Lipinski definition) is 0. The number of thiazole rings is 1. The van der Waals surface area contributed by atoms with E-state index in [1.54, 1.807) is 0 Å². The summed E-state index contributed by atoms with van der Waals surface area (Å²) in [5.74, 6) is -5.80. The number of rotatable bonds is 4. The van der Waals surface area contributed by atoms with Crippen molar-refractivity contribution in [3.63, 3.8) is 0 Å². The van der Waals surface area contributed by atoms with E-state index >= 15 is 0 Å². The Morgan fingerprint density at radius 1 is 1.16 bits per heavy atom. The van der Waals surface area contributed by atoms with Crippen LogP contribution in [0.2, 0.25) is 0 Å². The predicted molar refractivity (Wildman–Crippen MR) is 84.2 cm³/mol. The molecule has 10 heteroatoms. The van der Waals surface area contributed by atoms with Gasteiger partial charge in [0.05, 0.1) is 11.2 Å². The fraction of sp³-hybridized carbons (Fsp3) is 0.333. The Morgan fingerprint density at radius 2 is 1.76 bits per heavy atom. The molecule has 0 aliphatic carbocycles. The molecule has 1 aromatic carbocycles. The molecule has 25 heavy (non-hydrogen) atoms. The molecular formula is C15H14F3NO4S2. The molecule has 0 aliphatic heterocycles. The number of halogens is 3. The smallest absolute Gasteiger partial charge is 0.331 e. The van der Waals surface area contributed by atoms with Crippen LogP contribution in [-0.2, 0) is 19.4 Å². The molecule has 0 spiro atoms. The molecule has 136 valence electrons. The normalized spacial score (nSPS) is 13.5. The third-order valence-electron chi connectivity index (χ3n) is 2.93. The Labute approximate surface area is 146 Å². The summed E-state index contributed by atoms with van der Waals surface area (Å²) in [7, 11) is -4.78. The standard InChI is InChI=1S/C15H14F3NO4S2/c1-15(2,3)23-14(20)13(11-6-24-7-19-11)25(21,22)12-5-9(17)8(16)4-10(12)18/h4-7,13H,1-3H3. The highest BCUT2D eigenvalue weighted by atomic mass is 32.2. The summed E-state index contributed by atoms with van der Waals surface area (Å²) in [5.41, 5.74) is 0.0699. The lowest BCUT2D eigenvalue weighted by atomic mass is 10.2.